The Bertz CT molecular complexity index is 645. The van der Waals surface area contributed by atoms with E-state index in [0.29, 0.717) is 5.75 Å². The van der Waals surface area contributed by atoms with Crippen LogP contribution in [-0.2, 0) is 0 Å². The third kappa shape index (κ3) is 2.05. The van der Waals surface area contributed by atoms with Gasteiger partial charge < -0.3 is 9.68 Å². The molecule has 1 N–H and O–H groups in total. The summed E-state index contributed by atoms with van der Waals surface area (Å²) in [6, 6.07) is 9.68. The van der Waals surface area contributed by atoms with Crippen molar-refractivity contribution in [2.45, 2.75) is 0 Å². The predicted molar refractivity (Wildman–Crippen MR) is 83.2 cm³/mol. The molecule has 1 aliphatic rings. The van der Waals surface area contributed by atoms with Gasteiger partial charge in [0.05, 0.1) is 4.47 Å². The number of benzene rings is 2. The van der Waals surface area contributed by atoms with Crippen molar-refractivity contribution < 1.29 is 9.68 Å². The average Bonchev–Trinajstić information content (AvgIpc) is 2.31. The number of halogens is 3. The van der Waals surface area contributed by atoms with Crippen molar-refractivity contribution in [2.75, 3.05) is 0 Å². The van der Waals surface area contributed by atoms with Gasteiger partial charge in [-0.2, -0.15) is 0 Å². The first-order valence-corrected chi connectivity index (χ1v) is 7.58. The minimum atomic E-state index is -0.942. The van der Waals surface area contributed by atoms with Gasteiger partial charge in [-0.25, -0.2) is 0 Å². The number of fused-ring (bicyclic) bond motifs is 3. The van der Waals surface area contributed by atoms with E-state index < -0.39 is 7.12 Å². The summed E-state index contributed by atoms with van der Waals surface area (Å²) in [6.07, 6.45) is 0. The molecule has 1 aliphatic heterocycles. The fourth-order valence-electron chi connectivity index (χ4n) is 2.04. The summed E-state index contributed by atoms with van der Waals surface area (Å²) in [5, 5.41) is 10.1. The van der Waals surface area contributed by atoms with Gasteiger partial charge in [-0.3, -0.25) is 0 Å². The lowest BCUT2D eigenvalue weighted by Crippen LogP contribution is -2.40. The molecule has 2 aromatic carbocycles. The summed E-state index contributed by atoms with van der Waals surface area (Å²) in [6.45, 7) is 0. The van der Waals surface area contributed by atoms with E-state index in [1.165, 1.54) is 0 Å². The van der Waals surface area contributed by atoms with Gasteiger partial charge in [0.15, 0.2) is 0 Å². The molecule has 0 aromatic heterocycles. The van der Waals surface area contributed by atoms with Crippen LogP contribution in [0.1, 0.15) is 0 Å². The lowest BCUT2D eigenvalue weighted by molar-refractivity contribution is 0.429. The SMILES string of the molecule is OB1Oc2c(Br)cc(Br)cc2-c2ccc(Br)cc21. The molecule has 0 fully saturated rings. The van der Waals surface area contributed by atoms with Crippen molar-refractivity contribution in [3.05, 3.63) is 43.7 Å². The van der Waals surface area contributed by atoms with Gasteiger partial charge in [-0.1, -0.05) is 37.9 Å². The van der Waals surface area contributed by atoms with Crippen LogP contribution in [0.4, 0.5) is 0 Å². The molecular formula is C12H6BBr3O2. The summed E-state index contributed by atoms with van der Waals surface area (Å²) < 4.78 is 8.26. The molecular weight excluding hydrogens is 427 g/mol. The molecule has 1 heterocycles. The first-order valence-electron chi connectivity index (χ1n) is 5.20. The maximum Gasteiger partial charge on any atom is 0.560 e. The van der Waals surface area contributed by atoms with E-state index in [9.17, 15) is 5.02 Å². The first-order chi connectivity index (χ1) is 8.56. The second kappa shape index (κ2) is 4.67. The molecule has 3 rings (SSSR count). The minimum absolute atomic E-state index is 0.667. The van der Waals surface area contributed by atoms with E-state index in [0.717, 1.165) is 30.0 Å². The molecule has 0 radical (unpaired) electrons. The second-order valence-electron chi connectivity index (χ2n) is 3.97. The monoisotopic (exact) mass is 430 g/mol. The standard InChI is InChI=1S/C12H6BBr3O2/c14-6-1-2-8-9-3-7(15)5-11(16)12(9)18-13(17)10(8)4-6/h1-5,17H. The van der Waals surface area contributed by atoms with Crippen molar-refractivity contribution in [1.82, 2.24) is 0 Å². The largest absolute Gasteiger partial charge is 0.560 e. The quantitative estimate of drug-likeness (QED) is 0.643. The van der Waals surface area contributed by atoms with Gasteiger partial charge in [-0.15, -0.1) is 0 Å². The third-order valence-corrected chi connectivity index (χ3v) is 4.35. The van der Waals surface area contributed by atoms with E-state index in [-0.39, 0.29) is 0 Å². The maximum absolute atomic E-state index is 10.1. The minimum Gasteiger partial charge on any atom is -0.531 e. The lowest BCUT2D eigenvalue weighted by atomic mass is 9.72. The summed E-state index contributed by atoms with van der Waals surface area (Å²) in [4.78, 5) is 0. The van der Waals surface area contributed by atoms with E-state index in [1.807, 2.05) is 30.3 Å². The molecule has 0 unspecified atom stereocenters. The maximum atomic E-state index is 10.1. The van der Waals surface area contributed by atoms with E-state index in [1.54, 1.807) is 0 Å². The zero-order chi connectivity index (χ0) is 12.9. The van der Waals surface area contributed by atoms with Crippen LogP contribution in [-0.4, -0.2) is 12.1 Å². The van der Waals surface area contributed by atoms with Gasteiger partial charge in [0.25, 0.3) is 0 Å². The summed E-state index contributed by atoms with van der Waals surface area (Å²) >= 11 is 10.3. The molecule has 0 saturated carbocycles. The Balaban J connectivity index is 2.32. The Labute approximate surface area is 130 Å². The van der Waals surface area contributed by atoms with Gasteiger partial charge in [-0.05, 0) is 45.8 Å². The van der Waals surface area contributed by atoms with Crippen LogP contribution in [0, 0.1) is 0 Å². The molecule has 2 nitrogen and oxygen atoms in total. The van der Waals surface area contributed by atoms with Gasteiger partial charge in [0.2, 0.25) is 0 Å². The number of hydrogen-bond donors (Lipinski definition) is 1. The van der Waals surface area contributed by atoms with Crippen molar-refractivity contribution in [3.8, 4) is 16.9 Å². The Morgan fingerprint density at radius 1 is 0.944 bits per heavy atom. The fraction of sp³-hybridized carbons (Fsp3) is 0. The van der Waals surface area contributed by atoms with E-state index in [2.05, 4.69) is 47.8 Å². The molecule has 0 saturated heterocycles. The Hall–Kier alpha value is -0.295. The van der Waals surface area contributed by atoms with Crippen molar-refractivity contribution in [2.24, 2.45) is 0 Å². The topological polar surface area (TPSA) is 29.5 Å². The van der Waals surface area contributed by atoms with Crippen LogP contribution in [0.2, 0.25) is 0 Å². The first kappa shape index (κ1) is 12.7. The van der Waals surface area contributed by atoms with Crippen molar-refractivity contribution in [3.63, 3.8) is 0 Å². The summed E-state index contributed by atoms with van der Waals surface area (Å²) in [5.74, 6) is 0.667. The lowest BCUT2D eigenvalue weighted by Gasteiger charge is -2.24. The second-order valence-corrected chi connectivity index (χ2v) is 6.65. The molecule has 0 atom stereocenters. The fourth-order valence-corrected chi connectivity index (χ4v) is 3.74. The highest BCUT2D eigenvalue weighted by Crippen LogP contribution is 2.41. The van der Waals surface area contributed by atoms with Crippen molar-refractivity contribution >= 4 is 60.4 Å². The number of rotatable bonds is 0. The van der Waals surface area contributed by atoms with Gasteiger partial charge >= 0.3 is 7.12 Å². The van der Waals surface area contributed by atoms with Crippen LogP contribution >= 0.6 is 47.8 Å². The zero-order valence-electron chi connectivity index (χ0n) is 8.95. The Kier molecular flexibility index (Phi) is 3.30. The van der Waals surface area contributed by atoms with Crippen LogP contribution in [0.25, 0.3) is 11.1 Å². The molecule has 6 heteroatoms. The Morgan fingerprint density at radius 2 is 1.72 bits per heavy atom. The summed E-state index contributed by atoms with van der Waals surface area (Å²) in [7, 11) is -0.942. The molecule has 0 bridgehead atoms. The average molecular weight is 433 g/mol. The predicted octanol–water partition coefficient (Wildman–Crippen LogP) is 3.72. The smallest absolute Gasteiger partial charge is 0.531 e. The van der Waals surface area contributed by atoms with Gasteiger partial charge in [0, 0.05) is 20.0 Å². The van der Waals surface area contributed by atoms with Crippen LogP contribution in [0.5, 0.6) is 5.75 Å². The van der Waals surface area contributed by atoms with E-state index >= 15 is 0 Å². The highest BCUT2D eigenvalue weighted by Gasteiger charge is 2.31. The summed E-state index contributed by atoms with van der Waals surface area (Å²) in [5.41, 5.74) is 2.71. The molecule has 0 aliphatic carbocycles. The van der Waals surface area contributed by atoms with Crippen molar-refractivity contribution in [1.29, 1.82) is 0 Å². The molecule has 0 amide bonds. The molecule has 0 spiro atoms. The van der Waals surface area contributed by atoms with Crippen LogP contribution in [0.3, 0.4) is 0 Å². The third-order valence-electron chi connectivity index (χ3n) is 2.81. The van der Waals surface area contributed by atoms with Crippen LogP contribution < -0.4 is 10.1 Å². The highest BCUT2D eigenvalue weighted by atomic mass is 79.9. The zero-order valence-corrected chi connectivity index (χ0v) is 13.7. The van der Waals surface area contributed by atoms with E-state index in [4.69, 9.17) is 4.65 Å². The highest BCUT2D eigenvalue weighted by molar-refractivity contribution is 9.11. The van der Waals surface area contributed by atoms with Crippen LogP contribution in [0.15, 0.2) is 43.7 Å². The molecule has 90 valence electrons. The van der Waals surface area contributed by atoms with Gasteiger partial charge in [0.1, 0.15) is 5.75 Å². The number of hydrogen-bond acceptors (Lipinski definition) is 2. The normalized spacial score (nSPS) is 12.8. The Morgan fingerprint density at radius 3 is 2.50 bits per heavy atom. The molecule has 2 aromatic rings. The molecule has 18 heavy (non-hydrogen) atoms.